The fourth-order valence-electron chi connectivity index (χ4n) is 3.76. The Morgan fingerprint density at radius 3 is 2.75 bits per heavy atom. The SMILES string of the molecule is O=CNC(Cc1ccccn1)C(=O)N1CCN(c2cccc3[nH]ccc23)CC1. The second-order valence-electron chi connectivity index (χ2n) is 6.89. The Morgan fingerprint density at radius 2 is 2.00 bits per heavy atom. The monoisotopic (exact) mass is 377 g/mol. The van der Waals surface area contributed by atoms with Crippen LogP contribution in [0.4, 0.5) is 5.69 Å². The summed E-state index contributed by atoms with van der Waals surface area (Å²) in [6.45, 7) is 2.76. The fraction of sp³-hybridized carbons (Fsp3) is 0.286. The third kappa shape index (κ3) is 3.69. The summed E-state index contributed by atoms with van der Waals surface area (Å²) in [6.07, 6.45) is 4.62. The minimum atomic E-state index is -0.591. The quantitative estimate of drug-likeness (QED) is 0.639. The van der Waals surface area contributed by atoms with Crippen LogP contribution in [0.5, 0.6) is 0 Å². The number of pyridine rings is 1. The Bertz CT molecular complexity index is 948. The zero-order chi connectivity index (χ0) is 19.3. The maximum Gasteiger partial charge on any atom is 0.245 e. The van der Waals surface area contributed by atoms with Crippen LogP contribution in [0.25, 0.3) is 10.9 Å². The maximum absolute atomic E-state index is 13.0. The smallest absolute Gasteiger partial charge is 0.245 e. The van der Waals surface area contributed by atoms with Crippen LogP contribution < -0.4 is 10.2 Å². The molecular formula is C21H23N5O2. The van der Waals surface area contributed by atoms with Gasteiger partial charge in [0.1, 0.15) is 6.04 Å². The molecular weight excluding hydrogens is 354 g/mol. The van der Waals surface area contributed by atoms with Gasteiger partial charge in [-0.3, -0.25) is 14.6 Å². The van der Waals surface area contributed by atoms with Crippen molar-refractivity contribution in [2.75, 3.05) is 31.1 Å². The van der Waals surface area contributed by atoms with E-state index in [-0.39, 0.29) is 5.91 Å². The molecule has 1 unspecified atom stereocenters. The number of carbonyl (C=O) groups is 2. The minimum Gasteiger partial charge on any atom is -0.367 e. The van der Waals surface area contributed by atoms with Gasteiger partial charge in [0, 0.05) is 67.3 Å². The van der Waals surface area contributed by atoms with E-state index in [9.17, 15) is 9.59 Å². The second-order valence-corrected chi connectivity index (χ2v) is 6.89. The average Bonchev–Trinajstić information content (AvgIpc) is 3.23. The molecule has 0 saturated carbocycles. The molecule has 3 aromatic rings. The molecule has 1 fully saturated rings. The summed E-state index contributed by atoms with van der Waals surface area (Å²) in [6, 6.07) is 13.3. The van der Waals surface area contributed by atoms with Gasteiger partial charge in [0.2, 0.25) is 12.3 Å². The molecule has 1 saturated heterocycles. The zero-order valence-corrected chi connectivity index (χ0v) is 15.5. The van der Waals surface area contributed by atoms with Gasteiger partial charge < -0.3 is 20.1 Å². The van der Waals surface area contributed by atoms with Crippen LogP contribution in [-0.2, 0) is 16.0 Å². The topological polar surface area (TPSA) is 81.3 Å². The minimum absolute atomic E-state index is 0.0581. The van der Waals surface area contributed by atoms with Crippen LogP contribution in [0.2, 0.25) is 0 Å². The van der Waals surface area contributed by atoms with Crippen LogP contribution >= 0.6 is 0 Å². The lowest BCUT2D eigenvalue weighted by atomic mass is 10.1. The molecule has 1 atom stereocenters. The number of hydrogen-bond acceptors (Lipinski definition) is 4. The van der Waals surface area contributed by atoms with Gasteiger partial charge in [-0.15, -0.1) is 0 Å². The average molecular weight is 377 g/mol. The van der Waals surface area contributed by atoms with Crippen LogP contribution in [-0.4, -0.2) is 59.4 Å². The first-order chi connectivity index (χ1) is 13.8. The molecule has 144 valence electrons. The molecule has 4 rings (SSSR count). The lowest BCUT2D eigenvalue weighted by molar-refractivity contribution is -0.135. The van der Waals surface area contributed by atoms with Gasteiger partial charge in [-0.05, 0) is 30.3 Å². The van der Waals surface area contributed by atoms with E-state index in [1.165, 1.54) is 11.1 Å². The van der Waals surface area contributed by atoms with Gasteiger partial charge in [0.25, 0.3) is 0 Å². The molecule has 7 nitrogen and oxygen atoms in total. The van der Waals surface area contributed by atoms with E-state index in [0.717, 1.165) is 24.3 Å². The van der Waals surface area contributed by atoms with E-state index in [1.807, 2.05) is 35.4 Å². The van der Waals surface area contributed by atoms with Crippen molar-refractivity contribution < 1.29 is 9.59 Å². The highest BCUT2D eigenvalue weighted by Gasteiger charge is 2.28. The predicted molar refractivity (Wildman–Crippen MR) is 108 cm³/mol. The van der Waals surface area contributed by atoms with Gasteiger partial charge in [-0.2, -0.15) is 0 Å². The largest absolute Gasteiger partial charge is 0.367 e. The third-order valence-electron chi connectivity index (χ3n) is 5.21. The Morgan fingerprint density at radius 1 is 1.14 bits per heavy atom. The number of rotatable bonds is 6. The molecule has 0 aliphatic carbocycles. The molecule has 3 heterocycles. The Hall–Kier alpha value is -3.35. The number of carbonyl (C=O) groups excluding carboxylic acids is 2. The second kappa shape index (κ2) is 8.12. The van der Waals surface area contributed by atoms with E-state index < -0.39 is 6.04 Å². The van der Waals surface area contributed by atoms with Gasteiger partial charge >= 0.3 is 0 Å². The summed E-state index contributed by atoms with van der Waals surface area (Å²) >= 11 is 0. The third-order valence-corrected chi connectivity index (χ3v) is 5.21. The van der Waals surface area contributed by atoms with Crippen molar-refractivity contribution in [3.8, 4) is 0 Å². The zero-order valence-electron chi connectivity index (χ0n) is 15.5. The number of fused-ring (bicyclic) bond motifs is 1. The molecule has 28 heavy (non-hydrogen) atoms. The number of benzene rings is 1. The molecule has 2 N–H and O–H groups in total. The Kier molecular flexibility index (Phi) is 5.23. The van der Waals surface area contributed by atoms with Gasteiger partial charge in [-0.1, -0.05) is 12.1 Å². The van der Waals surface area contributed by atoms with Gasteiger partial charge in [0.15, 0.2) is 0 Å². The first-order valence-corrected chi connectivity index (χ1v) is 9.45. The number of hydrogen-bond donors (Lipinski definition) is 2. The van der Waals surface area contributed by atoms with Crippen molar-refractivity contribution in [1.82, 2.24) is 20.2 Å². The number of amides is 2. The van der Waals surface area contributed by atoms with E-state index in [4.69, 9.17) is 0 Å². The number of H-pyrrole nitrogens is 1. The molecule has 2 aromatic heterocycles. The lowest BCUT2D eigenvalue weighted by Crippen LogP contribution is -2.54. The highest BCUT2D eigenvalue weighted by molar-refractivity contribution is 5.92. The molecule has 0 bridgehead atoms. The highest BCUT2D eigenvalue weighted by atomic mass is 16.2. The number of nitrogens with zero attached hydrogens (tertiary/aromatic N) is 3. The molecule has 1 aromatic carbocycles. The molecule has 1 aliphatic rings. The van der Waals surface area contributed by atoms with Crippen molar-refractivity contribution >= 4 is 28.9 Å². The molecule has 7 heteroatoms. The van der Waals surface area contributed by atoms with Crippen LogP contribution in [0.3, 0.4) is 0 Å². The number of anilines is 1. The number of aromatic nitrogens is 2. The predicted octanol–water partition coefficient (Wildman–Crippen LogP) is 1.57. The van der Waals surface area contributed by atoms with E-state index in [2.05, 4.69) is 38.4 Å². The standard InChI is InChI=1S/C21H23N5O2/c27-15-24-19(14-16-4-1-2-8-22-16)21(28)26-12-10-25(11-13-26)20-6-3-5-18-17(20)7-9-23-18/h1-9,15,19,23H,10-14H2,(H,24,27). The maximum atomic E-state index is 13.0. The number of nitrogens with one attached hydrogen (secondary N) is 2. The van der Waals surface area contributed by atoms with Gasteiger partial charge in [-0.25, -0.2) is 0 Å². The number of piperazine rings is 1. The van der Waals surface area contributed by atoms with Crippen LogP contribution in [0, 0.1) is 0 Å². The highest BCUT2D eigenvalue weighted by Crippen LogP contribution is 2.27. The number of aromatic amines is 1. The van der Waals surface area contributed by atoms with Crippen molar-refractivity contribution in [3.05, 3.63) is 60.6 Å². The van der Waals surface area contributed by atoms with E-state index in [1.54, 1.807) is 6.20 Å². The summed E-state index contributed by atoms with van der Waals surface area (Å²) in [4.78, 5) is 35.6. The van der Waals surface area contributed by atoms with E-state index >= 15 is 0 Å². The molecule has 0 spiro atoms. The molecule has 1 aliphatic heterocycles. The van der Waals surface area contributed by atoms with Crippen molar-refractivity contribution in [2.45, 2.75) is 12.5 Å². The lowest BCUT2D eigenvalue weighted by Gasteiger charge is -2.37. The molecule has 2 amide bonds. The summed E-state index contributed by atoms with van der Waals surface area (Å²) < 4.78 is 0. The molecule has 0 radical (unpaired) electrons. The Labute approximate surface area is 163 Å². The first kappa shape index (κ1) is 18.0. The summed E-state index contributed by atoms with van der Waals surface area (Å²) in [5.74, 6) is -0.0581. The van der Waals surface area contributed by atoms with Crippen LogP contribution in [0.15, 0.2) is 54.9 Å². The van der Waals surface area contributed by atoms with Crippen LogP contribution in [0.1, 0.15) is 5.69 Å². The summed E-state index contributed by atoms with van der Waals surface area (Å²) in [5.41, 5.74) is 3.08. The van der Waals surface area contributed by atoms with E-state index in [0.29, 0.717) is 25.9 Å². The normalized spacial score (nSPS) is 15.4. The summed E-state index contributed by atoms with van der Waals surface area (Å²) in [7, 11) is 0. The Balaban J connectivity index is 1.42. The fourth-order valence-corrected chi connectivity index (χ4v) is 3.76. The summed E-state index contributed by atoms with van der Waals surface area (Å²) in [5, 5.41) is 3.85. The van der Waals surface area contributed by atoms with Crippen molar-refractivity contribution in [2.24, 2.45) is 0 Å². The van der Waals surface area contributed by atoms with Crippen molar-refractivity contribution in [1.29, 1.82) is 0 Å². The first-order valence-electron chi connectivity index (χ1n) is 9.45. The van der Waals surface area contributed by atoms with Gasteiger partial charge in [0.05, 0.1) is 0 Å². The van der Waals surface area contributed by atoms with Crippen molar-refractivity contribution in [3.63, 3.8) is 0 Å².